The zero-order chi connectivity index (χ0) is 7.56. The van der Waals surface area contributed by atoms with Crippen LogP contribution in [0.3, 0.4) is 0 Å². The minimum Gasteiger partial charge on any atom is -0.288 e. The summed E-state index contributed by atoms with van der Waals surface area (Å²) in [7, 11) is 0. The predicted molar refractivity (Wildman–Crippen MR) is 31.3 cm³/mol. The molecule has 0 N–H and O–H groups in total. The van der Waals surface area contributed by atoms with Gasteiger partial charge in [0.2, 0.25) is 12.2 Å². The Kier molecular flexibility index (Phi) is 1.80. The monoisotopic (exact) mass is 139 g/mol. The summed E-state index contributed by atoms with van der Waals surface area (Å²) in [6.45, 7) is 0. The highest BCUT2D eigenvalue weighted by Crippen LogP contribution is 2.13. The fraction of sp³-hybridized carbons (Fsp3) is 0.500. The number of likely N-dealkylation sites (tertiary alicyclic amines) is 1. The highest BCUT2D eigenvalue weighted by atomic mass is 16.2. The Hall–Kier alpha value is -1.19. The number of hydrogen-bond acceptors (Lipinski definition) is 3. The van der Waals surface area contributed by atoms with Crippen molar-refractivity contribution in [3.63, 3.8) is 0 Å². The van der Waals surface area contributed by atoms with Crippen LogP contribution in [0.2, 0.25) is 0 Å². The van der Waals surface area contributed by atoms with E-state index in [1.165, 1.54) is 6.41 Å². The molecule has 2 radical (unpaired) electrons. The molecule has 0 aromatic carbocycles. The molecule has 1 saturated heterocycles. The summed E-state index contributed by atoms with van der Waals surface area (Å²) >= 11 is 0. The number of imide groups is 1. The average Bonchev–Trinajstić information content (AvgIpc) is 2.30. The second-order valence-corrected chi connectivity index (χ2v) is 2.03. The average molecular weight is 139 g/mol. The quantitative estimate of drug-likeness (QED) is 0.501. The molecule has 1 heterocycles. The number of carbonyl (C=O) groups excluding carboxylic acids is 3. The van der Waals surface area contributed by atoms with E-state index in [-0.39, 0.29) is 12.3 Å². The summed E-state index contributed by atoms with van der Waals surface area (Å²) < 4.78 is 0. The zero-order valence-electron chi connectivity index (χ0n) is 5.16. The van der Waals surface area contributed by atoms with E-state index in [1.807, 2.05) is 0 Å². The van der Waals surface area contributed by atoms with E-state index in [0.717, 1.165) is 4.90 Å². The van der Waals surface area contributed by atoms with Gasteiger partial charge in [-0.25, -0.2) is 0 Å². The minimum atomic E-state index is -0.690. The zero-order valence-corrected chi connectivity index (χ0v) is 5.16. The molecule has 4 heteroatoms. The molecule has 2 amide bonds. The lowest BCUT2D eigenvalue weighted by Gasteiger charge is -2.07. The number of rotatable bonds is 2. The van der Waals surface area contributed by atoms with Crippen LogP contribution in [-0.4, -0.2) is 29.5 Å². The molecule has 1 rings (SSSR count). The van der Waals surface area contributed by atoms with Gasteiger partial charge >= 0.3 is 6.41 Å². The van der Waals surface area contributed by atoms with Crippen LogP contribution in [0.4, 0.5) is 0 Å². The predicted octanol–water partition coefficient (Wildman–Crippen LogP) is -0.846. The maximum absolute atomic E-state index is 10.7. The van der Waals surface area contributed by atoms with Crippen molar-refractivity contribution >= 4 is 18.6 Å². The van der Waals surface area contributed by atoms with Crippen LogP contribution in [0.1, 0.15) is 12.8 Å². The topological polar surface area (TPSA) is 54.5 Å². The van der Waals surface area contributed by atoms with Crippen molar-refractivity contribution in [2.24, 2.45) is 0 Å². The van der Waals surface area contributed by atoms with Crippen LogP contribution in [0, 0.1) is 0 Å². The molecular formula is C6H5NO3. The second kappa shape index (κ2) is 2.60. The summed E-state index contributed by atoms with van der Waals surface area (Å²) in [4.78, 5) is 31.4. The molecule has 1 atom stereocenters. The van der Waals surface area contributed by atoms with Gasteiger partial charge in [-0.3, -0.25) is 19.3 Å². The first-order valence-corrected chi connectivity index (χ1v) is 2.87. The minimum absolute atomic E-state index is 0.245. The Morgan fingerprint density at radius 3 is 2.60 bits per heavy atom. The Labute approximate surface area is 57.8 Å². The van der Waals surface area contributed by atoms with Crippen LogP contribution in [0.25, 0.3) is 0 Å². The molecule has 0 aromatic heterocycles. The van der Waals surface area contributed by atoms with Crippen molar-refractivity contribution in [1.29, 1.82) is 0 Å². The number of carbonyl (C=O) groups is 1. The maximum atomic E-state index is 10.7. The van der Waals surface area contributed by atoms with Crippen molar-refractivity contribution in [2.45, 2.75) is 18.9 Å². The maximum Gasteiger partial charge on any atom is 0.319 e. The van der Waals surface area contributed by atoms with Crippen LogP contribution in [0.5, 0.6) is 0 Å². The SMILES string of the molecule is O=[C][C@@H]1CCC(=O)N1[C]=O. The van der Waals surface area contributed by atoms with Gasteiger partial charge in [0, 0.05) is 6.42 Å². The molecule has 0 unspecified atom stereocenters. The van der Waals surface area contributed by atoms with Crippen molar-refractivity contribution in [3.8, 4) is 0 Å². The lowest BCUT2D eigenvalue weighted by Crippen LogP contribution is -2.32. The number of amides is 2. The van der Waals surface area contributed by atoms with Crippen LogP contribution in [0.15, 0.2) is 0 Å². The first-order valence-electron chi connectivity index (χ1n) is 2.87. The van der Waals surface area contributed by atoms with E-state index in [2.05, 4.69) is 0 Å². The Morgan fingerprint density at radius 1 is 1.50 bits per heavy atom. The van der Waals surface area contributed by atoms with Gasteiger partial charge in [-0.2, -0.15) is 0 Å². The van der Waals surface area contributed by atoms with Crippen molar-refractivity contribution in [2.75, 3.05) is 0 Å². The molecule has 1 fully saturated rings. The third-order valence-electron chi connectivity index (χ3n) is 1.45. The van der Waals surface area contributed by atoms with E-state index in [9.17, 15) is 14.4 Å². The molecular weight excluding hydrogens is 134 g/mol. The summed E-state index contributed by atoms with van der Waals surface area (Å²) in [6.07, 6.45) is 3.61. The van der Waals surface area contributed by atoms with Crippen molar-refractivity contribution in [3.05, 3.63) is 0 Å². The van der Waals surface area contributed by atoms with Gasteiger partial charge < -0.3 is 0 Å². The fourth-order valence-electron chi connectivity index (χ4n) is 0.910. The van der Waals surface area contributed by atoms with Gasteiger partial charge in [0.25, 0.3) is 0 Å². The van der Waals surface area contributed by atoms with Crippen molar-refractivity contribution in [1.82, 2.24) is 4.90 Å². The molecule has 0 aliphatic carbocycles. The third kappa shape index (κ3) is 0.920. The molecule has 10 heavy (non-hydrogen) atoms. The molecule has 0 saturated carbocycles. The van der Waals surface area contributed by atoms with Gasteiger partial charge in [0.1, 0.15) is 6.04 Å². The molecule has 1 aliphatic rings. The van der Waals surface area contributed by atoms with Gasteiger partial charge in [0.15, 0.2) is 0 Å². The van der Waals surface area contributed by atoms with Crippen LogP contribution < -0.4 is 0 Å². The van der Waals surface area contributed by atoms with Crippen molar-refractivity contribution < 1.29 is 14.4 Å². The third-order valence-corrected chi connectivity index (χ3v) is 1.45. The van der Waals surface area contributed by atoms with E-state index in [1.54, 1.807) is 6.29 Å². The molecule has 4 nitrogen and oxygen atoms in total. The Bertz CT molecular complexity index is 178. The highest BCUT2D eigenvalue weighted by Gasteiger charge is 2.31. The normalized spacial score (nSPS) is 25.0. The van der Waals surface area contributed by atoms with E-state index < -0.39 is 6.04 Å². The van der Waals surface area contributed by atoms with E-state index in [0.29, 0.717) is 6.42 Å². The summed E-state index contributed by atoms with van der Waals surface area (Å²) in [5.41, 5.74) is 0. The molecule has 0 spiro atoms. The fourth-order valence-corrected chi connectivity index (χ4v) is 0.910. The standard InChI is InChI=1S/C6H5NO3/c8-3-5-1-2-6(10)7(5)4-9/h5H,1-2H2/t5-/m0/s1. The molecule has 0 aromatic rings. The largest absolute Gasteiger partial charge is 0.319 e. The Balaban J connectivity index is 2.71. The molecule has 1 aliphatic heterocycles. The van der Waals surface area contributed by atoms with E-state index in [4.69, 9.17) is 0 Å². The van der Waals surface area contributed by atoms with Gasteiger partial charge in [-0.15, -0.1) is 0 Å². The van der Waals surface area contributed by atoms with Gasteiger partial charge in [-0.05, 0) is 6.42 Å². The van der Waals surface area contributed by atoms with Crippen LogP contribution >= 0.6 is 0 Å². The van der Waals surface area contributed by atoms with Gasteiger partial charge in [0.05, 0.1) is 0 Å². The second-order valence-electron chi connectivity index (χ2n) is 2.03. The lowest BCUT2D eigenvalue weighted by molar-refractivity contribution is -0.124. The first-order chi connectivity index (χ1) is 4.79. The summed E-state index contributed by atoms with van der Waals surface area (Å²) in [6, 6.07) is -0.690. The first kappa shape index (κ1) is 6.92. The van der Waals surface area contributed by atoms with Crippen LogP contribution in [-0.2, 0) is 14.4 Å². The summed E-state index contributed by atoms with van der Waals surface area (Å²) in [5, 5.41) is 0. The molecule has 52 valence electrons. The highest BCUT2D eigenvalue weighted by molar-refractivity contribution is 5.92. The number of nitrogens with zero attached hydrogens (tertiary/aromatic N) is 1. The summed E-state index contributed by atoms with van der Waals surface area (Å²) in [5.74, 6) is -0.344. The molecule has 0 bridgehead atoms. The van der Waals surface area contributed by atoms with E-state index >= 15 is 0 Å². The Morgan fingerprint density at radius 2 is 2.20 bits per heavy atom. The lowest BCUT2D eigenvalue weighted by atomic mass is 10.2. The smallest absolute Gasteiger partial charge is 0.288 e. The van der Waals surface area contributed by atoms with Gasteiger partial charge in [-0.1, -0.05) is 0 Å². The number of hydrogen-bond donors (Lipinski definition) is 0.